The molecule has 0 saturated carbocycles. The molecule has 2 aromatic carbocycles. The zero-order chi connectivity index (χ0) is 13.8. The van der Waals surface area contributed by atoms with Crippen LogP contribution in [0.1, 0.15) is 35.8 Å². The SMILES string of the molecule is O=C1C[C@H](c2ccccc2)C[C@H](c2ccccc2)CO1. The van der Waals surface area contributed by atoms with Gasteiger partial charge < -0.3 is 4.74 Å². The maximum Gasteiger partial charge on any atom is 0.306 e. The van der Waals surface area contributed by atoms with Crippen LogP contribution in [0.2, 0.25) is 0 Å². The molecule has 1 aliphatic rings. The van der Waals surface area contributed by atoms with Gasteiger partial charge in [-0.1, -0.05) is 60.7 Å². The highest BCUT2D eigenvalue weighted by molar-refractivity contribution is 5.71. The van der Waals surface area contributed by atoms with Crippen molar-refractivity contribution in [3.8, 4) is 0 Å². The Morgan fingerprint density at radius 3 is 1.95 bits per heavy atom. The third-order valence-electron chi connectivity index (χ3n) is 3.97. The Labute approximate surface area is 119 Å². The normalized spacial score (nSPS) is 22.9. The van der Waals surface area contributed by atoms with Gasteiger partial charge >= 0.3 is 5.97 Å². The molecule has 2 atom stereocenters. The fourth-order valence-corrected chi connectivity index (χ4v) is 2.89. The first-order chi connectivity index (χ1) is 9.83. The minimum atomic E-state index is -0.0858. The van der Waals surface area contributed by atoms with Gasteiger partial charge in [0, 0.05) is 5.92 Å². The Balaban J connectivity index is 1.86. The van der Waals surface area contributed by atoms with Gasteiger partial charge in [0.1, 0.15) is 0 Å². The number of esters is 1. The largest absolute Gasteiger partial charge is 0.465 e. The molecule has 3 rings (SSSR count). The minimum Gasteiger partial charge on any atom is -0.465 e. The van der Waals surface area contributed by atoms with E-state index in [1.54, 1.807) is 0 Å². The van der Waals surface area contributed by atoms with Crippen LogP contribution >= 0.6 is 0 Å². The van der Waals surface area contributed by atoms with E-state index in [1.807, 2.05) is 36.4 Å². The molecule has 20 heavy (non-hydrogen) atoms. The predicted molar refractivity (Wildman–Crippen MR) is 78.6 cm³/mol. The zero-order valence-corrected chi connectivity index (χ0v) is 11.4. The molecule has 0 unspecified atom stereocenters. The number of hydrogen-bond acceptors (Lipinski definition) is 2. The highest BCUT2D eigenvalue weighted by atomic mass is 16.5. The zero-order valence-electron chi connectivity index (χ0n) is 11.4. The number of hydrogen-bond donors (Lipinski definition) is 0. The molecule has 1 aliphatic heterocycles. The third kappa shape index (κ3) is 2.90. The molecule has 1 fully saturated rings. The van der Waals surface area contributed by atoms with Gasteiger partial charge in [-0.25, -0.2) is 0 Å². The van der Waals surface area contributed by atoms with Crippen molar-refractivity contribution < 1.29 is 9.53 Å². The Morgan fingerprint density at radius 1 is 0.800 bits per heavy atom. The highest BCUT2D eigenvalue weighted by Gasteiger charge is 2.27. The lowest BCUT2D eigenvalue weighted by Crippen LogP contribution is -2.07. The monoisotopic (exact) mass is 266 g/mol. The van der Waals surface area contributed by atoms with Crippen molar-refractivity contribution in [3.05, 3.63) is 71.8 Å². The van der Waals surface area contributed by atoms with Crippen molar-refractivity contribution in [2.75, 3.05) is 6.61 Å². The fraction of sp³-hybridized carbons (Fsp3) is 0.278. The molecule has 0 N–H and O–H groups in total. The van der Waals surface area contributed by atoms with Crippen molar-refractivity contribution in [2.24, 2.45) is 0 Å². The number of carbonyl (C=O) groups excluding carboxylic acids is 1. The lowest BCUT2D eigenvalue weighted by molar-refractivity contribution is -0.143. The molecule has 0 radical (unpaired) electrons. The summed E-state index contributed by atoms with van der Waals surface area (Å²) in [5.74, 6) is 0.446. The molecule has 1 saturated heterocycles. The predicted octanol–water partition coefficient (Wildman–Crippen LogP) is 3.89. The average Bonchev–Trinajstić information content (AvgIpc) is 2.71. The maximum absolute atomic E-state index is 11.8. The third-order valence-corrected chi connectivity index (χ3v) is 3.97. The fourth-order valence-electron chi connectivity index (χ4n) is 2.89. The van der Waals surface area contributed by atoms with Crippen molar-refractivity contribution in [1.29, 1.82) is 0 Å². The van der Waals surface area contributed by atoms with Crippen LogP contribution in [0.3, 0.4) is 0 Å². The number of ether oxygens (including phenoxy) is 1. The van der Waals surface area contributed by atoms with Crippen molar-refractivity contribution >= 4 is 5.97 Å². The van der Waals surface area contributed by atoms with E-state index in [0.29, 0.717) is 13.0 Å². The van der Waals surface area contributed by atoms with Crippen LogP contribution in [-0.2, 0) is 9.53 Å². The van der Waals surface area contributed by atoms with E-state index in [4.69, 9.17) is 4.74 Å². The molecular weight excluding hydrogens is 248 g/mol. The Morgan fingerprint density at radius 2 is 1.35 bits per heavy atom. The second-order valence-electron chi connectivity index (χ2n) is 5.34. The summed E-state index contributed by atoms with van der Waals surface area (Å²) >= 11 is 0. The summed E-state index contributed by atoms with van der Waals surface area (Å²) in [5, 5.41) is 0. The van der Waals surface area contributed by atoms with Crippen LogP contribution in [-0.4, -0.2) is 12.6 Å². The minimum absolute atomic E-state index is 0.0858. The maximum atomic E-state index is 11.8. The molecule has 2 nitrogen and oxygen atoms in total. The van der Waals surface area contributed by atoms with Crippen LogP contribution in [0, 0.1) is 0 Å². The molecule has 2 heteroatoms. The quantitative estimate of drug-likeness (QED) is 0.771. The molecule has 0 aliphatic carbocycles. The number of carbonyl (C=O) groups is 1. The average molecular weight is 266 g/mol. The Bertz CT molecular complexity index is 562. The summed E-state index contributed by atoms with van der Waals surface area (Å²) in [5.41, 5.74) is 2.48. The van der Waals surface area contributed by atoms with Crippen molar-refractivity contribution in [3.63, 3.8) is 0 Å². The summed E-state index contributed by atoms with van der Waals surface area (Å²) in [6.07, 6.45) is 1.44. The van der Waals surface area contributed by atoms with Gasteiger partial charge in [-0.3, -0.25) is 4.79 Å². The van der Waals surface area contributed by atoms with Gasteiger partial charge in [0.15, 0.2) is 0 Å². The number of benzene rings is 2. The number of rotatable bonds is 2. The van der Waals surface area contributed by atoms with Gasteiger partial charge in [-0.2, -0.15) is 0 Å². The van der Waals surface area contributed by atoms with Gasteiger partial charge in [-0.15, -0.1) is 0 Å². The van der Waals surface area contributed by atoms with E-state index in [-0.39, 0.29) is 17.8 Å². The van der Waals surface area contributed by atoms with E-state index < -0.39 is 0 Å². The first-order valence-electron chi connectivity index (χ1n) is 7.08. The van der Waals surface area contributed by atoms with Crippen LogP contribution < -0.4 is 0 Å². The first kappa shape index (κ1) is 12.9. The Hall–Kier alpha value is -2.09. The molecule has 2 aromatic rings. The molecular formula is C18H18O2. The smallest absolute Gasteiger partial charge is 0.306 e. The standard InChI is InChI=1S/C18H18O2/c19-18-12-16(14-7-3-1-4-8-14)11-17(13-20-18)15-9-5-2-6-10-15/h1-10,16-17H,11-13H2/t16-,17+/m1/s1. The summed E-state index contributed by atoms with van der Waals surface area (Å²) in [4.78, 5) is 11.8. The molecule has 0 aromatic heterocycles. The molecule has 0 bridgehead atoms. The molecule has 0 spiro atoms. The second-order valence-corrected chi connectivity index (χ2v) is 5.34. The summed E-state index contributed by atoms with van der Waals surface area (Å²) in [6, 6.07) is 20.6. The highest BCUT2D eigenvalue weighted by Crippen LogP contribution is 2.35. The van der Waals surface area contributed by atoms with E-state index in [0.717, 1.165) is 6.42 Å². The lowest BCUT2D eigenvalue weighted by atomic mass is 9.84. The second kappa shape index (κ2) is 5.91. The Kier molecular flexibility index (Phi) is 3.82. The summed E-state index contributed by atoms with van der Waals surface area (Å²) < 4.78 is 5.38. The van der Waals surface area contributed by atoms with Crippen LogP contribution in [0.15, 0.2) is 60.7 Å². The topological polar surface area (TPSA) is 26.3 Å². The van der Waals surface area contributed by atoms with Crippen LogP contribution in [0.25, 0.3) is 0 Å². The van der Waals surface area contributed by atoms with E-state index in [2.05, 4.69) is 24.3 Å². The van der Waals surface area contributed by atoms with E-state index in [9.17, 15) is 4.79 Å². The van der Waals surface area contributed by atoms with Crippen LogP contribution in [0.5, 0.6) is 0 Å². The van der Waals surface area contributed by atoms with Gasteiger partial charge in [0.25, 0.3) is 0 Å². The van der Waals surface area contributed by atoms with Crippen molar-refractivity contribution in [1.82, 2.24) is 0 Å². The van der Waals surface area contributed by atoms with Gasteiger partial charge in [-0.05, 0) is 23.5 Å². The first-order valence-corrected chi connectivity index (χ1v) is 7.08. The molecule has 0 amide bonds. The lowest BCUT2D eigenvalue weighted by Gasteiger charge is -2.18. The van der Waals surface area contributed by atoms with Gasteiger partial charge in [0.05, 0.1) is 13.0 Å². The van der Waals surface area contributed by atoms with Crippen molar-refractivity contribution in [2.45, 2.75) is 24.7 Å². The molecule has 102 valence electrons. The number of cyclic esters (lactones) is 1. The van der Waals surface area contributed by atoms with Crippen LogP contribution in [0.4, 0.5) is 0 Å². The van der Waals surface area contributed by atoms with Gasteiger partial charge in [0.2, 0.25) is 0 Å². The van der Waals surface area contributed by atoms with E-state index >= 15 is 0 Å². The molecule has 1 heterocycles. The van der Waals surface area contributed by atoms with E-state index in [1.165, 1.54) is 11.1 Å². The summed E-state index contributed by atoms with van der Waals surface area (Å²) in [6.45, 7) is 0.492. The summed E-state index contributed by atoms with van der Waals surface area (Å²) in [7, 11) is 0.